The quantitative estimate of drug-likeness (QED) is 0.134. The molecule has 8 nitrogen and oxygen atoms in total. The molecule has 0 atom stereocenters. The molecule has 0 unspecified atom stereocenters. The van der Waals surface area contributed by atoms with E-state index in [9.17, 15) is 14.9 Å². The first-order valence-corrected chi connectivity index (χ1v) is 11.0. The molecule has 10 heteroatoms. The van der Waals surface area contributed by atoms with E-state index in [0.717, 1.165) is 21.2 Å². The zero-order chi connectivity index (χ0) is 22.9. The SMILES string of the molecule is O=C(/C=C/c1ccc(Cn2cc(Cl)c([N+](=O)[O-])n2)o1)c1ccc2c(c1)Nc1ccccc1S2. The zero-order valence-corrected chi connectivity index (χ0v) is 18.5. The number of aromatic nitrogens is 2. The molecule has 2 aromatic carbocycles. The van der Waals surface area contributed by atoms with E-state index in [1.165, 1.54) is 17.0 Å². The molecule has 164 valence electrons. The number of halogens is 1. The highest BCUT2D eigenvalue weighted by molar-refractivity contribution is 7.99. The van der Waals surface area contributed by atoms with E-state index in [0.29, 0.717) is 17.1 Å². The van der Waals surface area contributed by atoms with Gasteiger partial charge in [0.05, 0.1) is 22.7 Å². The molecule has 1 N–H and O–H groups in total. The van der Waals surface area contributed by atoms with Crippen molar-refractivity contribution in [1.82, 2.24) is 9.78 Å². The molecular weight excluding hydrogens is 464 g/mol. The van der Waals surface area contributed by atoms with Gasteiger partial charge in [0.2, 0.25) is 0 Å². The number of anilines is 2. The number of nitrogens with zero attached hydrogens (tertiary/aromatic N) is 3. The second kappa shape index (κ2) is 8.61. The van der Waals surface area contributed by atoms with E-state index < -0.39 is 10.7 Å². The summed E-state index contributed by atoms with van der Waals surface area (Å²) in [5.74, 6) is 0.433. The molecule has 0 bridgehead atoms. The molecule has 0 aliphatic carbocycles. The number of carbonyl (C=O) groups excluding carboxylic acids is 1. The van der Waals surface area contributed by atoms with Gasteiger partial charge >= 0.3 is 5.82 Å². The van der Waals surface area contributed by atoms with Crippen molar-refractivity contribution in [2.45, 2.75) is 16.3 Å². The molecule has 1 aliphatic rings. The lowest BCUT2D eigenvalue weighted by atomic mass is 10.1. The summed E-state index contributed by atoms with van der Waals surface area (Å²) < 4.78 is 7.01. The molecule has 0 radical (unpaired) electrons. The van der Waals surface area contributed by atoms with Crippen LogP contribution < -0.4 is 5.32 Å². The van der Waals surface area contributed by atoms with Crippen molar-refractivity contribution in [2.24, 2.45) is 0 Å². The smallest absolute Gasteiger partial charge is 0.408 e. The molecule has 33 heavy (non-hydrogen) atoms. The van der Waals surface area contributed by atoms with E-state index in [1.807, 2.05) is 30.3 Å². The average molecular weight is 479 g/mol. The molecule has 0 amide bonds. The van der Waals surface area contributed by atoms with E-state index in [1.54, 1.807) is 36.0 Å². The third kappa shape index (κ3) is 4.41. The molecule has 2 aromatic heterocycles. The molecule has 5 rings (SSSR count). The fraction of sp³-hybridized carbons (Fsp3) is 0.0435. The lowest BCUT2D eigenvalue weighted by molar-refractivity contribution is -0.389. The summed E-state index contributed by atoms with van der Waals surface area (Å²) in [6.07, 6.45) is 4.40. The molecule has 4 aromatic rings. The second-order valence-corrected chi connectivity index (χ2v) is 8.68. The Labute approximate surface area is 197 Å². The van der Waals surface area contributed by atoms with Crippen LogP contribution in [-0.4, -0.2) is 20.5 Å². The molecule has 0 saturated heterocycles. The Balaban J connectivity index is 1.27. The number of nitrogens with one attached hydrogen (secondary N) is 1. The van der Waals surface area contributed by atoms with Crippen molar-refractivity contribution < 1.29 is 14.1 Å². The van der Waals surface area contributed by atoms with Crippen LogP contribution in [0.2, 0.25) is 5.02 Å². The van der Waals surface area contributed by atoms with Gasteiger partial charge in [-0.05, 0) is 59.5 Å². The Hall–Kier alpha value is -3.82. The van der Waals surface area contributed by atoms with Crippen molar-refractivity contribution >= 4 is 52.4 Å². The number of furan rings is 1. The van der Waals surface area contributed by atoms with Crippen molar-refractivity contribution in [3.05, 3.63) is 99.1 Å². The molecule has 0 spiro atoms. The minimum Gasteiger partial charge on any atom is -0.460 e. The lowest BCUT2D eigenvalue weighted by Gasteiger charge is -2.20. The summed E-state index contributed by atoms with van der Waals surface area (Å²) in [7, 11) is 0. The van der Waals surface area contributed by atoms with Gasteiger partial charge in [-0.3, -0.25) is 4.79 Å². The Kier molecular flexibility index (Phi) is 5.49. The van der Waals surface area contributed by atoms with Crippen LogP contribution in [0.4, 0.5) is 17.2 Å². The standard InChI is InChI=1S/C23H15ClN4O4S/c24-17-13-27(26-23(17)28(30)31)12-16-7-6-15(32-16)8-9-20(29)14-5-10-22-19(11-14)25-18-3-1-2-4-21(18)33-22/h1-11,13,25H,12H2/b9-8+. The molecule has 0 saturated carbocycles. The number of para-hydroxylation sites is 1. The number of ketones is 1. The highest BCUT2D eigenvalue weighted by Gasteiger charge is 2.20. The number of nitro groups is 1. The fourth-order valence-corrected chi connectivity index (χ4v) is 4.55. The van der Waals surface area contributed by atoms with Gasteiger partial charge in [-0.2, -0.15) is 4.68 Å². The number of allylic oxidation sites excluding steroid dienone is 1. The predicted octanol–water partition coefficient (Wildman–Crippen LogP) is 6.19. The third-order valence-corrected chi connectivity index (χ3v) is 6.33. The fourth-order valence-electron chi connectivity index (χ4n) is 3.37. The van der Waals surface area contributed by atoms with Crippen LogP contribution in [0.3, 0.4) is 0 Å². The first-order valence-electron chi connectivity index (χ1n) is 9.83. The number of carbonyl (C=O) groups is 1. The van der Waals surface area contributed by atoms with Gasteiger partial charge in [0.1, 0.15) is 18.1 Å². The molecule has 3 heterocycles. The van der Waals surface area contributed by atoms with E-state index in [2.05, 4.69) is 16.5 Å². The normalized spacial score (nSPS) is 12.3. The Morgan fingerprint density at radius 3 is 2.82 bits per heavy atom. The van der Waals surface area contributed by atoms with Crippen LogP contribution in [0.15, 0.2) is 81.1 Å². The van der Waals surface area contributed by atoms with Crippen LogP contribution in [0.5, 0.6) is 0 Å². The van der Waals surface area contributed by atoms with Crippen molar-refractivity contribution in [3.8, 4) is 0 Å². The summed E-state index contributed by atoms with van der Waals surface area (Å²) in [5, 5.41) is 18.0. The number of hydrogen-bond donors (Lipinski definition) is 1. The molecule has 0 fully saturated rings. The Morgan fingerprint density at radius 2 is 2.00 bits per heavy atom. The van der Waals surface area contributed by atoms with Gasteiger partial charge in [0.15, 0.2) is 10.8 Å². The monoisotopic (exact) mass is 478 g/mol. The minimum atomic E-state index is -0.644. The number of hydrogen-bond acceptors (Lipinski definition) is 7. The Bertz CT molecular complexity index is 1430. The highest BCUT2D eigenvalue weighted by atomic mass is 35.5. The van der Waals surface area contributed by atoms with Crippen LogP contribution in [0, 0.1) is 10.1 Å². The topological polar surface area (TPSA) is 103 Å². The number of benzene rings is 2. The first-order chi connectivity index (χ1) is 16.0. The van der Waals surface area contributed by atoms with E-state index in [-0.39, 0.29) is 17.4 Å². The highest BCUT2D eigenvalue weighted by Crippen LogP contribution is 2.44. The summed E-state index contributed by atoms with van der Waals surface area (Å²) in [6.45, 7) is 0.172. The van der Waals surface area contributed by atoms with Gasteiger partial charge < -0.3 is 19.8 Å². The number of fused-ring (bicyclic) bond motifs is 2. The van der Waals surface area contributed by atoms with Crippen LogP contribution in [0.1, 0.15) is 21.9 Å². The molecule has 1 aliphatic heterocycles. The van der Waals surface area contributed by atoms with Crippen molar-refractivity contribution in [1.29, 1.82) is 0 Å². The maximum Gasteiger partial charge on any atom is 0.408 e. The van der Waals surface area contributed by atoms with E-state index >= 15 is 0 Å². The average Bonchev–Trinajstić information content (AvgIpc) is 3.41. The minimum absolute atomic E-state index is 0.0429. The van der Waals surface area contributed by atoms with Gasteiger partial charge in [0, 0.05) is 15.4 Å². The Morgan fingerprint density at radius 1 is 1.18 bits per heavy atom. The van der Waals surface area contributed by atoms with Gasteiger partial charge in [-0.1, -0.05) is 35.5 Å². The van der Waals surface area contributed by atoms with Crippen LogP contribution in [0.25, 0.3) is 6.08 Å². The maximum atomic E-state index is 12.7. The maximum absolute atomic E-state index is 12.7. The van der Waals surface area contributed by atoms with Gasteiger partial charge in [-0.15, -0.1) is 0 Å². The molecular formula is C23H15ClN4O4S. The summed E-state index contributed by atoms with van der Waals surface area (Å²) >= 11 is 7.47. The van der Waals surface area contributed by atoms with Crippen molar-refractivity contribution in [2.75, 3.05) is 5.32 Å². The van der Waals surface area contributed by atoms with Gasteiger partial charge in [0.25, 0.3) is 0 Å². The number of rotatable bonds is 6. The largest absolute Gasteiger partial charge is 0.460 e. The lowest BCUT2D eigenvalue weighted by Crippen LogP contribution is -2.02. The summed E-state index contributed by atoms with van der Waals surface area (Å²) in [5.41, 5.74) is 2.47. The van der Waals surface area contributed by atoms with Crippen LogP contribution in [-0.2, 0) is 6.54 Å². The van der Waals surface area contributed by atoms with Gasteiger partial charge in [-0.25, -0.2) is 0 Å². The van der Waals surface area contributed by atoms with Crippen molar-refractivity contribution in [3.63, 3.8) is 0 Å². The second-order valence-electron chi connectivity index (χ2n) is 7.19. The summed E-state index contributed by atoms with van der Waals surface area (Å²) in [6, 6.07) is 17.0. The summed E-state index contributed by atoms with van der Waals surface area (Å²) in [4.78, 5) is 25.1. The third-order valence-electron chi connectivity index (χ3n) is 4.91. The van der Waals surface area contributed by atoms with E-state index in [4.69, 9.17) is 16.0 Å². The predicted molar refractivity (Wildman–Crippen MR) is 125 cm³/mol. The van der Waals surface area contributed by atoms with Crippen LogP contribution >= 0.6 is 23.4 Å². The first kappa shape index (κ1) is 21.0. The zero-order valence-electron chi connectivity index (χ0n) is 16.9.